The summed E-state index contributed by atoms with van der Waals surface area (Å²) >= 11 is 0. The average Bonchev–Trinajstić information content (AvgIpc) is 2.33. The van der Waals surface area contributed by atoms with Crippen molar-refractivity contribution < 1.29 is 4.74 Å². The van der Waals surface area contributed by atoms with E-state index in [4.69, 9.17) is 15.7 Å². The quantitative estimate of drug-likeness (QED) is 0.748. The van der Waals surface area contributed by atoms with Gasteiger partial charge in [-0.25, -0.2) is 0 Å². The van der Waals surface area contributed by atoms with Gasteiger partial charge < -0.3 is 15.4 Å². The lowest BCUT2D eigenvalue weighted by atomic mass is 10.1. The maximum absolute atomic E-state index is 8.94. The van der Waals surface area contributed by atoms with E-state index in [2.05, 4.69) is 17.9 Å². The van der Waals surface area contributed by atoms with E-state index < -0.39 is 0 Å². The average molecular weight is 231 g/mol. The summed E-state index contributed by atoms with van der Waals surface area (Å²) < 4.78 is 5.59. The van der Waals surface area contributed by atoms with Gasteiger partial charge in [-0.3, -0.25) is 0 Å². The molecule has 4 nitrogen and oxygen atoms in total. The van der Waals surface area contributed by atoms with Gasteiger partial charge in [0.25, 0.3) is 0 Å². The van der Waals surface area contributed by atoms with E-state index in [-0.39, 0.29) is 12.1 Å². The molecule has 17 heavy (non-hydrogen) atoms. The monoisotopic (exact) mass is 231 g/mol. The third kappa shape index (κ3) is 2.34. The number of morpholine rings is 1. The zero-order valence-electron chi connectivity index (χ0n) is 10.2. The third-order valence-corrected chi connectivity index (χ3v) is 3.08. The van der Waals surface area contributed by atoms with Crippen molar-refractivity contribution in [3.05, 3.63) is 23.8 Å². The third-order valence-electron chi connectivity index (χ3n) is 3.08. The molecular formula is C13H17N3O. The summed E-state index contributed by atoms with van der Waals surface area (Å²) in [6.07, 6.45) is 0.191. The number of nitriles is 1. The largest absolute Gasteiger partial charge is 0.397 e. The normalized spacial score (nSPS) is 24.4. The van der Waals surface area contributed by atoms with Crippen molar-refractivity contribution in [2.45, 2.75) is 26.0 Å². The molecule has 0 aliphatic carbocycles. The second-order valence-electron chi connectivity index (χ2n) is 4.53. The Morgan fingerprint density at radius 3 is 2.94 bits per heavy atom. The molecule has 1 heterocycles. The molecule has 1 aliphatic heterocycles. The van der Waals surface area contributed by atoms with Crippen LogP contribution >= 0.6 is 0 Å². The van der Waals surface area contributed by atoms with E-state index in [1.54, 1.807) is 12.1 Å². The number of nitrogen functional groups attached to an aromatic ring is 1. The van der Waals surface area contributed by atoms with Crippen molar-refractivity contribution in [3.8, 4) is 6.07 Å². The van der Waals surface area contributed by atoms with Gasteiger partial charge in [0.2, 0.25) is 0 Å². The lowest BCUT2D eigenvalue weighted by Gasteiger charge is -2.39. The lowest BCUT2D eigenvalue weighted by Crippen LogP contribution is -2.47. The van der Waals surface area contributed by atoms with Crippen LogP contribution in [0.15, 0.2) is 18.2 Å². The molecule has 0 saturated carbocycles. The minimum atomic E-state index is 0.191. The van der Waals surface area contributed by atoms with Crippen LogP contribution in [-0.2, 0) is 4.74 Å². The Balaban J connectivity index is 2.35. The summed E-state index contributed by atoms with van der Waals surface area (Å²) in [5.74, 6) is 0. The molecule has 4 heteroatoms. The number of benzene rings is 1. The van der Waals surface area contributed by atoms with Gasteiger partial charge in [0, 0.05) is 12.6 Å². The van der Waals surface area contributed by atoms with Gasteiger partial charge in [0.15, 0.2) is 0 Å². The molecule has 1 aromatic rings. The zero-order chi connectivity index (χ0) is 12.4. The first-order chi connectivity index (χ1) is 8.11. The fourth-order valence-corrected chi connectivity index (χ4v) is 2.10. The van der Waals surface area contributed by atoms with E-state index in [0.29, 0.717) is 17.9 Å². The Hall–Kier alpha value is -1.73. The van der Waals surface area contributed by atoms with Gasteiger partial charge in [-0.1, -0.05) is 0 Å². The second-order valence-corrected chi connectivity index (χ2v) is 4.53. The first kappa shape index (κ1) is 11.7. The highest BCUT2D eigenvalue weighted by atomic mass is 16.5. The molecule has 0 aromatic heterocycles. The zero-order valence-corrected chi connectivity index (χ0v) is 10.2. The van der Waals surface area contributed by atoms with Gasteiger partial charge in [0.1, 0.15) is 0 Å². The van der Waals surface area contributed by atoms with Crippen molar-refractivity contribution >= 4 is 11.4 Å². The predicted molar refractivity (Wildman–Crippen MR) is 67.8 cm³/mol. The van der Waals surface area contributed by atoms with Crippen LogP contribution in [0.5, 0.6) is 0 Å². The molecule has 0 spiro atoms. The molecule has 1 saturated heterocycles. The Labute approximate surface area is 102 Å². The van der Waals surface area contributed by atoms with E-state index in [1.807, 2.05) is 13.0 Å². The van der Waals surface area contributed by atoms with Crippen LogP contribution in [0, 0.1) is 11.3 Å². The smallest absolute Gasteiger partial charge is 0.0992 e. The van der Waals surface area contributed by atoms with Crippen LogP contribution in [0.1, 0.15) is 19.4 Å². The molecule has 90 valence electrons. The van der Waals surface area contributed by atoms with Crippen molar-refractivity contribution in [2.75, 3.05) is 23.8 Å². The molecular weight excluding hydrogens is 214 g/mol. The molecule has 0 amide bonds. The number of anilines is 2. The number of rotatable bonds is 1. The summed E-state index contributed by atoms with van der Waals surface area (Å²) in [6.45, 7) is 5.64. The molecule has 1 fully saturated rings. The highest BCUT2D eigenvalue weighted by Gasteiger charge is 2.25. The molecule has 2 atom stereocenters. The minimum Gasteiger partial charge on any atom is -0.397 e. The van der Waals surface area contributed by atoms with Crippen LogP contribution in [0.3, 0.4) is 0 Å². The van der Waals surface area contributed by atoms with E-state index in [1.165, 1.54) is 0 Å². The summed E-state index contributed by atoms with van der Waals surface area (Å²) in [5.41, 5.74) is 8.28. The SMILES string of the molecule is CC1CN(c2cc(C#N)ccc2N)C(C)CO1. The Kier molecular flexibility index (Phi) is 3.21. The Bertz CT molecular complexity index is 452. The van der Waals surface area contributed by atoms with Crippen LogP contribution < -0.4 is 10.6 Å². The summed E-state index contributed by atoms with van der Waals surface area (Å²) in [4.78, 5) is 2.21. The van der Waals surface area contributed by atoms with Crippen molar-refractivity contribution in [1.82, 2.24) is 0 Å². The van der Waals surface area contributed by atoms with Gasteiger partial charge in [-0.15, -0.1) is 0 Å². The van der Waals surface area contributed by atoms with Crippen LogP contribution in [-0.4, -0.2) is 25.3 Å². The Morgan fingerprint density at radius 2 is 2.24 bits per heavy atom. The fraction of sp³-hybridized carbons (Fsp3) is 0.462. The second kappa shape index (κ2) is 4.64. The summed E-state index contributed by atoms with van der Waals surface area (Å²) in [5, 5.41) is 8.94. The Morgan fingerprint density at radius 1 is 1.47 bits per heavy atom. The standard InChI is InChI=1S/C13H17N3O/c1-9-8-17-10(2)7-16(9)13-5-11(6-14)3-4-12(13)15/h3-5,9-10H,7-8,15H2,1-2H3. The van der Waals surface area contributed by atoms with Gasteiger partial charge in [-0.2, -0.15) is 5.26 Å². The number of nitrogens with two attached hydrogens (primary N) is 1. The molecule has 1 aromatic carbocycles. The summed E-state index contributed by atoms with van der Waals surface area (Å²) in [6, 6.07) is 7.81. The van der Waals surface area contributed by atoms with E-state index in [0.717, 1.165) is 12.2 Å². The first-order valence-corrected chi connectivity index (χ1v) is 5.79. The molecule has 2 unspecified atom stereocenters. The topological polar surface area (TPSA) is 62.3 Å². The molecule has 2 rings (SSSR count). The fourth-order valence-electron chi connectivity index (χ4n) is 2.10. The summed E-state index contributed by atoms with van der Waals surface area (Å²) in [7, 11) is 0. The molecule has 0 bridgehead atoms. The van der Waals surface area contributed by atoms with E-state index in [9.17, 15) is 0 Å². The molecule has 0 radical (unpaired) electrons. The number of hydrogen-bond acceptors (Lipinski definition) is 4. The maximum atomic E-state index is 8.94. The first-order valence-electron chi connectivity index (χ1n) is 5.79. The van der Waals surface area contributed by atoms with Crippen molar-refractivity contribution in [2.24, 2.45) is 0 Å². The van der Waals surface area contributed by atoms with Gasteiger partial charge >= 0.3 is 0 Å². The van der Waals surface area contributed by atoms with E-state index >= 15 is 0 Å². The van der Waals surface area contributed by atoms with Gasteiger partial charge in [-0.05, 0) is 32.0 Å². The highest BCUT2D eigenvalue weighted by Crippen LogP contribution is 2.28. The highest BCUT2D eigenvalue weighted by molar-refractivity contribution is 5.70. The number of ether oxygens (including phenoxy) is 1. The van der Waals surface area contributed by atoms with Crippen LogP contribution in [0.2, 0.25) is 0 Å². The van der Waals surface area contributed by atoms with Gasteiger partial charge in [0.05, 0.1) is 35.7 Å². The minimum absolute atomic E-state index is 0.191. The lowest BCUT2D eigenvalue weighted by molar-refractivity contribution is 0.0344. The van der Waals surface area contributed by atoms with Crippen LogP contribution in [0.25, 0.3) is 0 Å². The van der Waals surface area contributed by atoms with Crippen LogP contribution in [0.4, 0.5) is 11.4 Å². The predicted octanol–water partition coefficient (Wildman–Crippen LogP) is 1.75. The molecule has 1 aliphatic rings. The maximum Gasteiger partial charge on any atom is 0.0992 e. The molecule has 2 N–H and O–H groups in total. The number of hydrogen-bond donors (Lipinski definition) is 1. The number of nitrogens with zero attached hydrogens (tertiary/aromatic N) is 2. The van der Waals surface area contributed by atoms with Crippen molar-refractivity contribution in [1.29, 1.82) is 5.26 Å². The van der Waals surface area contributed by atoms with Crippen molar-refractivity contribution in [3.63, 3.8) is 0 Å².